The van der Waals surface area contributed by atoms with Gasteiger partial charge >= 0.3 is 12.1 Å². The molecule has 2 aliphatic heterocycles. The highest BCUT2D eigenvalue weighted by atomic mass is 19.4. The molecule has 2 saturated carbocycles. The summed E-state index contributed by atoms with van der Waals surface area (Å²) in [5.74, 6) is -5.64. The third-order valence-corrected chi connectivity index (χ3v) is 8.83. The van der Waals surface area contributed by atoms with Crippen molar-refractivity contribution in [2.45, 2.75) is 69.1 Å². The molecule has 214 valence electrons. The minimum atomic E-state index is -5.27. The molecule has 3 fully saturated rings. The third-order valence-electron chi connectivity index (χ3n) is 8.83. The number of rotatable bonds is 8. The van der Waals surface area contributed by atoms with Gasteiger partial charge in [0.15, 0.2) is 0 Å². The summed E-state index contributed by atoms with van der Waals surface area (Å²) < 4.78 is 40.6. The van der Waals surface area contributed by atoms with Crippen LogP contribution in [0.1, 0.15) is 50.5 Å². The van der Waals surface area contributed by atoms with Crippen LogP contribution in [-0.2, 0) is 25.6 Å². The van der Waals surface area contributed by atoms with E-state index in [4.69, 9.17) is 0 Å². The molecule has 4 aliphatic rings. The fraction of sp³-hybridized carbons (Fsp3) is 0.607. The van der Waals surface area contributed by atoms with Crippen LogP contribution in [0.3, 0.4) is 0 Å². The molecule has 2 heterocycles. The van der Waals surface area contributed by atoms with E-state index in [-0.39, 0.29) is 50.0 Å². The number of likely N-dealkylation sites (N-methyl/N-ethyl adjacent to an activating group) is 1. The van der Waals surface area contributed by atoms with Crippen molar-refractivity contribution in [2.24, 2.45) is 23.2 Å². The number of nitriles is 1. The van der Waals surface area contributed by atoms with Gasteiger partial charge in [-0.2, -0.15) is 18.4 Å². The Morgan fingerprint density at radius 2 is 1.82 bits per heavy atom. The zero-order valence-corrected chi connectivity index (χ0v) is 22.1. The van der Waals surface area contributed by atoms with Gasteiger partial charge in [0.25, 0.3) is 0 Å². The molecule has 0 bridgehead atoms. The fourth-order valence-electron chi connectivity index (χ4n) is 6.38. The number of likely N-dealkylation sites (tertiary alicyclic amines) is 1. The Bertz CT molecular complexity index is 1270. The number of carbonyl (C=O) groups is 4. The fourth-order valence-corrected chi connectivity index (χ4v) is 6.38. The molecule has 1 spiro atoms. The van der Waals surface area contributed by atoms with Crippen molar-refractivity contribution in [1.82, 2.24) is 15.5 Å². The van der Waals surface area contributed by atoms with E-state index in [2.05, 4.69) is 16.7 Å². The smallest absolute Gasteiger partial charge is 0.357 e. The molecule has 0 aromatic heterocycles. The molecule has 1 aromatic rings. The summed E-state index contributed by atoms with van der Waals surface area (Å²) in [6.07, 6.45) is -2.14. The standard InChI is InChI=1S/C28H32F3N5O4/c1-33-24(39)27(11-17-8-9-17,35-25(40)28(29,30)31)20(10-16-6-7-16)22(37)36-15-26(13-19(36)14-32)12-18-4-2-3-5-21(18)34-23(26)38/h2-5,16-17,19-20H,6-13,15H2,1H3,(H,33,39)(H,34,38)(H,35,40)/t19-,20+,26-,27?/m0/s1. The highest BCUT2D eigenvalue weighted by molar-refractivity contribution is 6.01. The summed E-state index contributed by atoms with van der Waals surface area (Å²) in [7, 11) is 1.26. The van der Waals surface area contributed by atoms with Crippen LogP contribution in [0.4, 0.5) is 18.9 Å². The number of halogens is 3. The maximum atomic E-state index is 14.4. The van der Waals surface area contributed by atoms with Crippen molar-refractivity contribution in [3.63, 3.8) is 0 Å². The average Bonchev–Trinajstić information content (AvgIpc) is 3.85. The van der Waals surface area contributed by atoms with Crippen LogP contribution in [0.5, 0.6) is 0 Å². The summed E-state index contributed by atoms with van der Waals surface area (Å²) in [5.41, 5.74) is -1.75. The van der Waals surface area contributed by atoms with Crippen LogP contribution < -0.4 is 16.0 Å². The molecule has 3 N–H and O–H groups in total. The molecule has 4 atom stereocenters. The zero-order valence-electron chi connectivity index (χ0n) is 22.1. The number of benzene rings is 1. The summed E-state index contributed by atoms with van der Waals surface area (Å²) in [6.45, 7) is -0.119. The number of fused-ring (bicyclic) bond motifs is 1. The summed E-state index contributed by atoms with van der Waals surface area (Å²) in [5, 5.41) is 17.3. The molecule has 2 aliphatic carbocycles. The molecule has 1 aromatic carbocycles. The topological polar surface area (TPSA) is 131 Å². The number of carbonyl (C=O) groups excluding carboxylic acids is 4. The molecule has 5 rings (SSSR count). The van der Waals surface area contributed by atoms with Crippen molar-refractivity contribution in [3.05, 3.63) is 29.8 Å². The van der Waals surface area contributed by atoms with Crippen molar-refractivity contribution >= 4 is 29.3 Å². The SMILES string of the molecule is CNC(=O)C(CC1CC1)(NC(=O)C(F)(F)F)[C@H](CC1CC1)C(=O)N1C[C@]2(Cc3ccccc3NC2=O)C[C@H]1C#N. The van der Waals surface area contributed by atoms with Gasteiger partial charge in [-0.1, -0.05) is 43.9 Å². The lowest BCUT2D eigenvalue weighted by Crippen LogP contribution is -2.67. The van der Waals surface area contributed by atoms with Gasteiger partial charge in [0, 0.05) is 19.3 Å². The van der Waals surface area contributed by atoms with E-state index in [0.717, 1.165) is 18.4 Å². The number of para-hydroxylation sites is 1. The first-order valence-electron chi connectivity index (χ1n) is 13.6. The largest absolute Gasteiger partial charge is 0.471 e. The Morgan fingerprint density at radius 1 is 1.15 bits per heavy atom. The minimum absolute atomic E-state index is 0.00179. The van der Waals surface area contributed by atoms with Crippen LogP contribution >= 0.6 is 0 Å². The van der Waals surface area contributed by atoms with Gasteiger partial charge in [0.2, 0.25) is 17.7 Å². The lowest BCUT2D eigenvalue weighted by atomic mass is 9.74. The van der Waals surface area contributed by atoms with E-state index in [0.29, 0.717) is 18.5 Å². The lowest BCUT2D eigenvalue weighted by molar-refractivity contribution is -0.178. The first-order valence-corrected chi connectivity index (χ1v) is 13.6. The van der Waals surface area contributed by atoms with Crippen molar-refractivity contribution in [2.75, 3.05) is 18.9 Å². The van der Waals surface area contributed by atoms with Gasteiger partial charge in [-0.25, -0.2) is 0 Å². The number of alkyl halides is 3. The normalized spacial score (nSPS) is 26.2. The van der Waals surface area contributed by atoms with E-state index < -0.39 is 46.8 Å². The first kappa shape index (κ1) is 27.9. The molecule has 9 nitrogen and oxygen atoms in total. The number of hydrogen-bond donors (Lipinski definition) is 3. The van der Waals surface area contributed by atoms with Gasteiger partial charge < -0.3 is 20.9 Å². The van der Waals surface area contributed by atoms with Gasteiger partial charge in [-0.3, -0.25) is 19.2 Å². The Balaban J connectivity index is 1.53. The monoisotopic (exact) mass is 559 g/mol. The molecule has 0 radical (unpaired) electrons. The summed E-state index contributed by atoms with van der Waals surface area (Å²) in [6, 6.07) is 8.32. The minimum Gasteiger partial charge on any atom is -0.357 e. The zero-order chi connectivity index (χ0) is 28.9. The Morgan fingerprint density at radius 3 is 2.42 bits per heavy atom. The van der Waals surface area contributed by atoms with Crippen molar-refractivity contribution in [3.8, 4) is 6.07 Å². The average molecular weight is 560 g/mol. The molecule has 4 amide bonds. The maximum absolute atomic E-state index is 14.4. The van der Waals surface area contributed by atoms with Crippen molar-refractivity contribution in [1.29, 1.82) is 5.26 Å². The first-order chi connectivity index (χ1) is 18.9. The van der Waals surface area contributed by atoms with Crippen LogP contribution in [0.15, 0.2) is 24.3 Å². The predicted octanol–water partition coefficient (Wildman–Crippen LogP) is 2.67. The Kier molecular flexibility index (Phi) is 7.04. The number of nitrogens with zero attached hydrogens (tertiary/aromatic N) is 2. The Labute approximate surface area is 229 Å². The van der Waals surface area contributed by atoms with E-state index in [9.17, 15) is 37.6 Å². The van der Waals surface area contributed by atoms with Gasteiger partial charge in [0.1, 0.15) is 11.6 Å². The number of nitrogens with one attached hydrogen (secondary N) is 3. The molecule has 1 unspecified atom stereocenters. The van der Waals surface area contributed by atoms with Gasteiger partial charge in [-0.05, 0) is 49.1 Å². The number of anilines is 1. The van der Waals surface area contributed by atoms with Gasteiger partial charge in [0.05, 0.1) is 17.4 Å². The second-order valence-electron chi connectivity index (χ2n) is 11.8. The third kappa shape index (κ3) is 5.13. The second kappa shape index (κ2) is 10.1. The lowest BCUT2D eigenvalue weighted by Gasteiger charge is -2.41. The van der Waals surface area contributed by atoms with E-state index in [1.165, 1.54) is 11.9 Å². The molecule has 40 heavy (non-hydrogen) atoms. The highest BCUT2D eigenvalue weighted by Gasteiger charge is 2.60. The molecular weight excluding hydrogens is 527 g/mol. The molecule has 12 heteroatoms. The number of amides is 4. The van der Waals surface area contributed by atoms with E-state index in [1.54, 1.807) is 12.1 Å². The van der Waals surface area contributed by atoms with Crippen LogP contribution in [0.2, 0.25) is 0 Å². The predicted molar refractivity (Wildman–Crippen MR) is 136 cm³/mol. The van der Waals surface area contributed by atoms with Crippen molar-refractivity contribution < 1.29 is 32.3 Å². The summed E-state index contributed by atoms with van der Waals surface area (Å²) >= 11 is 0. The van der Waals surface area contributed by atoms with Crippen LogP contribution in [-0.4, -0.2) is 59.9 Å². The van der Waals surface area contributed by atoms with E-state index in [1.807, 2.05) is 17.4 Å². The van der Waals surface area contributed by atoms with Gasteiger partial charge in [-0.15, -0.1) is 0 Å². The molecular formula is C28H32F3N5O4. The van der Waals surface area contributed by atoms with Crippen LogP contribution in [0.25, 0.3) is 0 Å². The molecule has 1 saturated heterocycles. The van der Waals surface area contributed by atoms with Crippen LogP contribution in [0, 0.1) is 34.5 Å². The highest BCUT2D eigenvalue weighted by Crippen LogP contribution is 2.48. The summed E-state index contributed by atoms with van der Waals surface area (Å²) in [4.78, 5) is 54.8. The maximum Gasteiger partial charge on any atom is 0.471 e. The second-order valence-corrected chi connectivity index (χ2v) is 11.8. The van der Waals surface area contributed by atoms with E-state index >= 15 is 0 Å². The quantitative estimate of drug-likeness (QED) is 0.451. The Hall–Kier alpha value is -3.62. The number of hydrogen-bond acceptors (Lipinski definition) is 5.